The van der Waals surface area contributed by atoms with E-state index in [0.717, 1.165) is 5.56 Å². The summed E-state index contributed by atoms with van der Waals surface area (Å²) in [5.41, 5.74) is 1.82. The van der Waals surface area contributed by atoms with Gasteiger partial charge in [-0.25, -0.2) is 4.79 Å². The summed E-state index contributed by atoms with van der Waals surface area (Å²) in [7, 11) is 0. The lowest BCUT2D eigenvalue weighted by atomic mass is 10.0. The molecule has 1 rings (SSSR count). The SMILES string of the molecule is C=CCOC(=O)Nc1c[c]cc(C(C)C)c1. The molecule has 0 saturated heterocycles. The van der Waals surface area contributed by atoms with E-state index in [2.05, 4.69) is 31.8 Å². The highest BCUT2D eigenvalue weighted by atomic mass is 16.5. The Labute approximate surface area is 96.1 Å². The second-order valence-corrected chi connectivity index (χ2v) is 3.72. The van der Waals surface area contributed by atoms with Gasteiger partial charge in [0, 0.05) is 5.69 Å². The van der Waals surface area contributed by atoms with Crippen LogP contribution in [0.4, 0.5) is 10.5 Å². The zero-order chi connectivity index (χ0) is 12.0. The summed E-state index contributed by atoms with van der Waals surface area (Å²) < 4.78 is 4.81. The first-order chi connectivity index (χ1) is 7.63. The Morgan fingerprint density at radius 2 is 2.38 bits per heavy atom. The predicted octanol–water partition coefficient (Wildman–Crippen LogP) is 3.34. The van der Waals surface area contributed by atoms with Crippen molar-refractivity contribution in [3.63, 3.8) is 0 Å². The molecule has 1 aromatic rings. The van der Waals surface area contributed by atoms with Crippen molar-refractivity contribution < 1.29 is 9.53 Å². The van der Waals surface area contributed by atoms with Crippen LogP contribution in [0.15, 0.2) is 30.9 Å². The molecule has 1 amide bonds. The zero-order valence-electron chi connectivity index (χ0n) is 9.62. The Kier molecular flexibility index (Phi) is 4.58. The van der Waals surface area contributed by atoms with E-state index in [1.165, 1.54) is 6.08 Å². The van der Waals surface area contributed by atoms with Gasteiger partial charge in [-0.15, -0.1) is 0 Å². The van der Waals surface area contributed by atoms with Crippen LogP contribution in [0.25, 0.3) is 0 Å². The average Bonchev–Trinajstić information content (AvgIpc) is 2.26. The summed E-state index contributed by atoms with van der Waals surface area (Å²) in [5, 5.41) is 2.63. The van der Waals surface area contributed by atoms with Gasteiger partial charge in [0.2, 0.25) is 0 Å². The van der Waals surface area contributed by atoms with Crippen LogP contribution in [-0.2, 0) is 4.74 Å². The van der Waals surface area contributed by atoms with Gasteiger partial charge in [0.25, 0.3) is 0 Å². The lowest BCUT2D eigenvalue weighted by Gasteiger charge is -2.09. The second kappa shape index (κ2) is 5.95. The maximum atomic E-state index is 11.3. The average molecular weight is 218 g/mol. The van der Waals surface area contributed by atoms with E-state index in [9.17, 15) is 4.79 Å². The highest BCUT2D eigenvalue weighted by Gasteiger charge is 2.04. The Morgan fingerprint density at radius 1 is 1.62 bits per heavy atom. The highest BCUT2D eigenvalue weighted by molar-refractivity contribution is 5.84. The van der Waals surface area contributed by atoms with Gasteiger partial charge in [-0.1, -0.05) is 32.6 Å². The normalized spacial score (nSPS) is 9.94. The number of hydrogen-bond acceptors (Lipinski definition) is 2. The molecule has 0 atom stereocenters. The number of carbonyl (C=O) groups excluding carboxylic acids is 1. The Balaban J connectivity index is 2.63. The smallest absolute Gasteiger partial charge is 0.411 e. The molecule has 1 radical (unpaired) electrons. The molecular formula is C13H16NO2. The fourth-order valence-electron chi connectivity index (χ4n) is 1.18. The van der Waals surface area contributed by atoms with Gasteiger partial charge in [0.1, 0.15) is 6.61 Å². The van der Waals surface area contributed by atoms with Crippen molar-refractivity contribution >= 4 is 11.8 Å². The van der Waals surface area contributed by atoms with Gasteiger partial charge in [0.15, 0.2) is 0 Å². The molecule has 0 saturated carbocycles. The summed E-state index contributed by atoms with van der Waals surface area (Å²) >= 11 is 0. The van der Waals surface area contributed by atoms with Crippen molar-refractivity contribution in [1.82, 2.24) is 0 Å². The first-order valence-electron chi connectivity index (χ1n) is 5.19. The van der Waals surface area contributed by atoms with Crippen LogP contribution >= 0.6 is 0 Å². The zero-order valence-corrected chi connectivity index (χ0v) is 9.62. The van der Waals surface area contributed by atoms with E-state index in [0.29, 0.717) is 11.6 Å². The van der Waals surface area contributed by atoms with Gasteiger partial charge in [-0.2, -0.15) is 0 Å². The van der Waals surface area contributed by atoms with Crippen LogP contribution in [0.5, 0.6) is 0 Å². The molecule has 0 aliphatic heterocycles. The Morgan fingerprint density at radius 3 is 3.00 bits per heavy atom. The van der Waals surface area contributed by atoms with E-state index < -0.39 is 6.09 Å². The molecule has 3 nitrogen and oxygen atoms in total. The van der Waals surface area contributed by atoms with E-state index in [4.69, 9.17) is 4.74 Å². The molecule has 85 valence electrons. The molecule has 0 aliphatic carbocycles. The largest absolute Gasteiger partial charge is 0.445 e. The van der Waals surface area contributed by atoms with Gasteiger partial charge >= 0.3 is 6.09 Å². The number of hydrogen-bond donors (Lipinski definition) is 1. The number of carbonyl (C=O) groups is 1. The van der Waals surface area contributed by atoms with Crippen LogP contribution < -0.4 is 5.32 Å². The van der Waals surface area contributed by atoms with E-state index >= 15 is 0 Å². The molecule has 1 aromatic carbocycles. The third kappa shape index (κ3) is 3.77. The fourth-order valence-corrected chi connectivity index (χ4v) is 1.18. The topological polar surface area (TPSA) is 38.3 Å². The van der Waals surface area contributed by atoms with Crippen molar-refractivity contribution in [2.24, 2.45) is 0 Å². The first kappa shape index (κ1) is 12.3. The number of nitrogens with one attached hydrogen (secondary N) is 1. The van der Waals surface area contributed by atoms with Crippen LogP contribution in [0.1, 0.15) is 25.3 Å². The molecule has 0 aliphatic rings. The monoisotopic (exact) mass is 218 g/mol. The minimum Gasteiger partial charge on any atom is -0.445 e. The van der Waals surface area contributed by atoms with Gasteiger partial charge in [-0.05, 0) is 29.7 Å². The number of anilines is 1. The van der Waals surface area contributed by atoms with Gasteiger partial charge < -0.3 is 4.74 Å². The minimum atomic E-state index is -0.478. The van der Waals surface area contributed by atoms with Crippen molar-refractivity contribution in [2.45, 2.75) is 19.8 Å². The standard InChI is InChI=1S/C13H16NO2/c1-4-8-16-13(15)14-12-7-5-6-11(9-12)10(2)3/h4,6-7,9-10H,1,8H2,2-3H3,(H,14,15). The van der Waals surface area contributed by atoms with Crippen LogP contribution in [0, 0.1) is 6.07 Å². The molecular weight excluding hydrogens is 202 g/mol. The number of benzene rings is 1. The molecule has 0 fully saturated rings. The second-order valence-electron chi connectivity index (χ2n) is 3.72. The summed E-state index contributed by atoms with van der Waals surface area (Å²) in [6.45, 7) is 7.85. The number of rotatable bonds is 4. The quantitative estimate of drug-likeness (QED) is 0.787. The van der Waals surface area contributed by atoms with Crippen LogP contribution in [-0.4, -0.2) is 12.7 Å². The number of amides is 1. The summed E-state index contributed by atoms with van der Waals surface area (Å²) in [6.07, 6.45) is 1.05. The third-order valence-electron chi connectivity index (χ3n) is 2.06. The minimum absolute atomic E-state index is 0.208. The summed E-state index contributed by atoms with van der Waals surface area (Å²) in [5.74, 6) is 0.405. The van der Waals surface area contributed by atoms with Crippen molar-refractivity contribution in [3.8, 4) is 0 Å². The van der Waals surface area contributed by atoms with Gasteiger partial charge in [-0.3, -0.25) is 5.32 Å². The van der Waals surface area contributed by atoms with E-state index in [1.54, 1.807) is 6.07 Å². The molecule has 0 unspecified atom stereocenters. The van der Waals surface area contributed by atoms with Crippen molar-refractivity contribution in [3.05, 3.63) is 42.5 Å². The predicted molar refractivity (Wildman–Crippen MR) is 64.5 cm³/mol. The molecule has 0 spiro atoms. The maximum absolute atomic E-state index is 11.3. The van der Waals surface area contributed by atoms with Gasteiger partial charge in [0.05, 0.1) is 0 Å². The van der Waals surface area contributed by atoms with E-state index in [1.807, 2.05) is 12.1 Å². The highest BCUT2D eigenvalue weighted by Crippen LogP contribution is 2.18. The Bertz CT molecular complexity index is 372. The van der Waals surface area contributed by atoms with Crippen LogP contribution in [0.2, 0.25) is 0 Å². The molecule has 1 N–H and O–H groups in total. The van der Waals surface area contributed by atoms with Crippen LogP contribution in [0.3, 0.4) is 0 Å². The molecule has 3 heteroatoms. The molecule has 0 aromatic heterocycles. The molecule has 0 heterocycles. The lowest BCUT2D eigenvalue weighted by Crippen LogP contribution is -2.13. The number of ether oxygens (including phenoxy) is 1. The summed E-state index contributed by atoms with van der Waals surface area (Å²) in [4.78, 5) is 11.3. The Hall–Kier alpha value is -1.77. The lowest BCUT2D eigenvalue weighted by molar-refractivity contribution is 0.174. The fraction of sp³-hybridized carbons (Fsp3) is 0.308. The third-order valence-corrected chi connectivity index (χ3v) is 2.06. The summed E-state index contributed by atoms with van der Waals surface area (Å²) in [6, 6.07) is 8.51. The first-order valence-corrected chi connectivity index (χ1v) is 5.19. The van der Waals surface area contributed by atoms with Crippen molar-refractivity contribution in [2.75, 3.05) is 11.9 Å². The molecule has 16 heavy (non-hydrogen) atoms. The van der Waals surface area contributed by atoms with Crippen molar-refractivity contribution in [1.29, 1.82) is 0 Å². The molecule has 0 bridgehead atoms. The van der Waals surface area contributed by atoms with E-state index in [-0.39, 0.29) is 6.61 Å². The maximum Gasteiger partial charge on any atom is 0.411 e.